The summed E-state index contributed by atoms with van der Waals surface area (Å²) in [7, 11) is 0. The molecular formula is C17H15BrFN3O2. The van der Waals surface area contributed by atoms with Gasteiger partial charge in [-0.15, -0.1) is 0 Å². The number of nitrogens with zero attached hydrogens (tertiary/aromatic N) is 1. The van der Waals surface area contributed by atoms with Crippen LogP contribution < -0.4 is 10.7 Å². The second kappa shape index (κ2) is 8.35. The molecule has 0 saturated carbocycles. The lowest BCUT2D eigenvalue weighted by Crippen LogP contribution is -2.35. The smallest absolute Gasteiger partial charge is 0.259 e. The fourth-order valence-corrected chi connectivity index (χ4v) is 2.10. The van der Waals surface area contributed by atoms with Crippen LogP contribution in [0.15, 0.2) is 58.1 Å². The summed E-state index contributed by atoms with van der Waals surface area (Å²) in [6, 6.07) is 12.7. The van der Waals surface area contributed by atoms with E-state index < -0.39 is 17.6 Å². The number of hydrazone groups is 1. The molecule has 2 aromatic carbocycles. The van der Waals surface area contributed by atoms with E-state index in [9.17, 15) is 14.0 Å². The highest BCUT2D eigenvalue weighted by atomic mass is 79.9. The third kappa shape index (κ3) is 5.27. The van der Waals surface area contributed by atoms with Crippen molar-refractivity contribution in [2.24, 2.45) is 5.10 Å². The molecule has 7 heteroatoms. The molecule has 0 aliphatic heterocycles. The average molecular weight is 392 g/mol. The molecule has 24 heavy (non-hydrogen) atoms. The average Bonchev–Trinajstić information content (AvgIpc) is 2.58. The second-order valence-corrected chi connectivity index (χ2v) is 5.85. The highest BCUT2D eigenvalue weighted by Gasteiger charge is 2.08. The van der Waals surface area contributed by atoms with Crippen molar-refractivity contribution >= 4 is 33.5 Å². The Labute approximate surface area is 147 Å². The molecule has 0 bridgehead atoms. The standard InChI is InChI=1S/C17H15BrFN3O2/c1-11(12-5-7-14(18)8-6-12)21-22-16(23)10-20-17(24)13-3-2-4-15(19)9-13/h2-9H,10H2,1H3,(H,20,24)(H,22,23). The van der Waals surface area contributed by atoms with E-state index in [-0.39, 0.29) is 12.1 Å². The molecule has 0 atom stereocenters. The van der Waals surface area contributed by atoms with Gasteiger partial charge in [0.2, 0.25) is 0 Å². The number of hydrogen-bond donors (Lipinski definition) is 2. The number of rotatable bonds is 5. The first-order valence-corrected chi connectivity index (χ1v) is 7.88. The summed E-state index contributed by atoms with van der Waals surface area (Å²) in [5.41, 5.74) is 4.01. The minimum absolute atomic E-state index is 0.150. The van der Waals surface area contributed by atoms with Gasteiger partial charge in [0.05, 0.1) is 12.3 Å². The van der Waals surface area contributed by atoms with E-state index in [0.717, 1.165) is 16.1 Å². The predicted octanol–water partition coefficient (Wildman–Crippen LogP) is 2.86. The first kappa shape index (κ1) is 17.8. The minimum atomic E-state index is -0.529. The van der Waals surface area contributed by atoms with Gasteiger partial charge in [0.25, 0.3) is 11.8 Å². The lowest BCUT2D eigenvalue weighted by molar-refractivity contribution is -0.120. The van der Waals surface area contributed by atoms with Crippen LogP contribution in [-0.4, -0.2) is 24.1 Å². The molecule has 0 fully saturated rings. The largest absolute Gasteiger partial charge is 0.343 e. The van der Waals surface area contributed by atoms with Gasteiger partial charge in [-0.05, 0) is 42.8 Å². The summed E-state index contributed by atoms with van der Waals surface area (Å²) in [5.74, 6) is -1.52. The highest BCUT2D eigenvalue weighted by molar-refractivity contribution is 9.10. The molecule has 2 amide bonds. The zero-order chi connectivity index (χ0) is 17.5. The normalized spacial score (nSPS) is 11.0. The van der Waals surface area contributed by atoms with Crippen LogP contribution >= 0.6 is 15.9 Å². The Bertz CT molecular complexity index is 776. The lowest BCUT2D eigenvalue weighted by atomic mass is 10.1. The number of hydrogen-bond acceptors (Lipinski definition) is 3. The van der Waals surface area contributed by atoms with E-state index in [4.69, 9.17) is 0 Å². The summed E-state index contributed by atoms with van der Waals surface area (Å²) in [6.07, 6.45) is 0. The number of halogens is 2. The summed E-state index contributed by atoms with van der Waals surface area (Å²) in [6.45, 7) is 1.50. The maximum absolute atomic E-state index is 13.0. The monoisotopic (exact) mass is 391 g/mol. The molecule has 0 radical (unpaired) electrons. The molecule has 2 rings (SSSR count). The molecule has 0 aliphatic carbocycles. The SMILES string of the molecule is CC(=NNC(=O)CNC(=O)c1cccc(F)c1)c1ccc(Br)cc1. The fraction of sp³-hybridized carbons (Fsp3) is 0.118. The first-order valence-electron chi connectivity index (χ1n) is 7.08. The second-order valence-electron chi connectivity index (χ2n) is 4.93. The van der Waals surface area contributed by atoms with E-state index >= 15 is 0 Å². The molecule has 5 nitrogen and oxygen atoms in total. The number of amides is 2. The van der Waals surface area contributed by atoms with Crippen molar-refractivity contribution in [3.63, 3.8) is 0 Å². The summed E-state index contributed by atoms with van der Waals surface area (Å²) in [4.78, 5) is 23.5. The van der Waals surface area contributed by atoms with Gasteiger partial charge in [-0.2, -0.15) is 5.10 Å². The van der Waals surface area contributed by atoms with Crippen LogP contribution in [0, 0.1) is 5.82 Å². The lowest BCUT2D eigenvalue weighted by Gasteiger charge is -2.05. The van der Waals surface area contributed by atoms with E-state index in [2.05, 4.69) is 31.8 Å². The van der Waals surface area contributed by atoms with Gasteiger partial charge < -0.3 is 5.32 Å². The van der Waals surface area contributed by atoms with Crippen LogP contribution in [0.4, 0.5) is 4.39 Å². The Morgan fingerprint density at radius 3 is 2.50 bits per heavy atom. The molecule has 0 aliphatic rings. The van der Waals surface area contributed by atoms with Crippen molar-refractivity contribution < 1.29 is 14.0 Å². The van der Waals surface area contributed by atoms with Gasteiger partial charge >= 0.3 is 0 Å². The molecule has 0 spiro atoms. The number of benzene rings is 2. The number of carbonyl (C=O) groups is 2. The van der Waals surface area contributed by atoms with E-state index in [1.807, 2.05) is 24.3 Å². The van der Waals surface area contributed by atoms with Crippen molar-refractivity contribution in [3.05, 3.63) is 69.9 Å². The van der Waals surface area contributed by atoms with Crippen LogP contribution in [-0.2, 0) is 4.79 Å². The van der Waals surface area contributed by atoms with Gasteiger partial charge in [-0.25, -0.2) is 9.82 Å². The van der Waals surface area contributed by atoms with Crippen LogP contribution in [0.2, 0.25) is 0 Å². The summed E-state index contributed by atoms with van der Waals surface area (Å²) in [5, 5.41) is 6.38. The quantitative estimate of drug-likeness (QED) is 0.607. The molecule has 2 N–H and O–H groups in total. The number of carbonyl (C=O) groups excluding carboxylic acids is 2. The van der Waals surface area contributed by atoms with Crippen molar-refractivity contribution in [2.75, 3.05) is 6.54 Å². The van der Waals surface area contributed by atoms with Crippen LogP contribution in [0.1, 0.15) is 22.8 Å². The predicted molar refractivity (Wildman–Crippen MR) is 93.2 cm³/mol. The van der Waals surface area contributed by atoms with Crippen molar-refractivity contribution in [1.29, 1.82) is 0 Å². The van der Waals surface area contributed by atoms with Crippen molar-refractivity contribution in [2.45, 2.75) is 6.92 Å². The molecule has 0 saturated heterocycles. The Hall–Kier alpha value is -2.54. The zero-order valence-corrected chi connectivity index (χ0v) is 14.4. The molecule has 0 unspecified atom stereocenters. The molecule has 2 aromatic rings. The molecular weight excluding hydrogens is 377 g/mol. The third-order valence-corrected chi connectivity index (χ3v) is 3.64. The maximum Gasteiger partial charge on any atom is 0.259 e. The fourth-order valence-electron chi connectivity index (χ4n) is 1.83. The van der Waals surface area contributed by atoms with Crippen molar-refractivity contribution in [1.82, 2.24) is 10.7 Å². The van der Waals surface area contributed by atoms with E-state index in [0.29, 0.717) is 5.71 Å². The van der Waals surface area contributed by atoms with Crippen LogP contribution in [0.25, 0.3) is 0 Å². The van der Waals surface area contributed by atoms with Gasteiger partial charge in [-0.1, -0.05) is 34.1 Å². The van der Waals surface area contributed by atoms with E-state index in [1.54, 1.807) is 6.92 Å². The van der Waals surface area contributed by atoms with Crippen LogP contribution in [0.3, 0.4) is 0 Å². The summed E-state index contributed by atoms with van der Waals surface area (Å²) < 4.78 is 14.0. The Morgan fingerprint density at radius 2 is 1.83 bits per heavy atom. The minimum Gasteiger partial charge on any atom is -0.343 e. The van der Waals surface area contributed by atoms with E-state index in [1.165, 1.54) is 18.2 Å². The van der Waals surface area contributed by atoms with Gasteiger partial charge in [0, 0.05) is 10.0 Å². The Morgan fingerprint density at radius 1 is 1.12 bits per heavy atom. The molecule has 0 aromatic heterocycles. The maximum atomic E-state index is 13.0. The Balaban J connectivity index is 1.86. The summed E-state index contributed by atoms with van der Waals surface area (Å²) >= 11 is 3.34. The van der Waals surface area contributed by atoms with Gasteiger partial charge in [0.15, 0.2) is 0 Å². The highest BCUT2D eigenvalue weighted by Crippen LogP contribution is 2.11. The Kier molecular flexibility index (Phi) is 6.20. The number of nitrogens with one attached hydrogen (secondary N) is 2. The van der Waals surface area contributed by atoms with Gasteiger partial charge in [0.1, 0.15) is 5.82 Å². The molecule has 124 valence electrons. The first-order chi connectivity index (χ1) is 11.5. The molecule has 0 heterocycles. The zero-order valence-electron chi connectivity index (χ0n) is 12.8. The van der Waals surface area contributed by atoms with Gasteiger partial charge in [-0.3, -0.25) is 9.59 Å². The topological polar surface area (TPSA) is 70.6 Å². The third-order valence-electron chi connectivity index (χ3n) is 3.11. The van der Waals surface area contributed by atoms with Crippen molar-refractivity contribution in [3.8, 4) is 0 Å². The van der Waals surface area contributed by atoms with Crippen LogP contribution in [0.5, 0.6) is 0 Å².